The molecule has 0 spiro atoms. The number of rotatable bonds is 10. The average molecular weight is 349 g/mol. The highest BCUT2D eigenvalue weighted by Gasteiger charge is 2.41. The van der Waals surface area contributed by atoms with Crippen LogP contribution in [0.5, 0.6) is 0 Å². The highest BCUT2D eigenvalue weighted by Crippen LogP contribution is 2.52. The molecule has 0 aliphatic heterocycles. The van der Waals surface area contributed by atoms with Crippen LogP contribution in [-0.4, -0.2) is 29.9 Å². The minimum absolute atomic E-state index is 0.201. The lowest BCUT2D eigenvalue weighted by molar-refractivity contribution is -0.137. The maximum absolute atomic E-state index is 10.7. The molecule has 2 saturated carbocycles. The molecule has 1 heterocycles. The Bertz CT molecular complexity index is 597. The highest BCUT2D eigenvalue weighted by molar-refractivity contribution is 5.66. The second-order valence-corrected chi connectivity index (χ2v) is 8.76. The van der Waals surface area contributed by atoms with Gasteiger partial charge in [-0.15, -0.1) is 0 Å². The normalized spacial score (nSPS) is 23.5. The molecule has 2 fully saturated rings. The number of ether oxygens (including phenoxy) is 1. The first kappa shape index (κ1) is 18.4. The predicted octanol–water partition coefficient (Wildman–Crippen LogP) is 4.52. The molecule has 0 bridgehead atoms. The van der Waals surface area contributed by atoms with Crippen LogP contribution in [0.3, 0.4) is 0 Å². The van der Waals surface area contributed by atoms with Gasteiger partial charge in [-0.3, -0.25) is 4.79 Å². The van der Waals surface area contributed by atoms with Crippen molar-refractivity contribution in [3.8, 4) is 0 Å². The van der Waals surface area contributed by atoms with Gasteiger partial charge in [-0.05, 0) is 62.2 Å². The van der Waals surface area contributed by atoms with Gasteiger partial charge >= 0.3 is 5.97 Å². The van der Waals surface area contributed by atoms with Gasteiger partial charge in [0.15, 0.2) is 0 Å². The number of aliphatic carboxylic acids is 1. The van der Waals surface area contributed by atoms with E-state index in [1.54, 1.807) is 7.11 Å². The fourth-order valence-electron chi connectivity index (χ4n) is 4.38. The minimum atomic E-state index is -0.739. The molecule has 5 nitrogen and oxygen atoms in total. The van der Waals surface area contributed by atoms with E-state index in [0.717, 1.165) is 30.4 Å². The standard InChI is InChI=1S/C20H31NO4/c1-20(2,12-24-3)11-13-9-15(10-13)19-18(14-7-8-14)16(21-25-19)5-4-6-17(22)23/h13-15H,4-12H2,1-3H3,(H,22,23). The smallest absolute Gasteiger partial charge is 0.303 e. The van der Waals surface area contributed by atoms with Crippen molar-refractivity contribution in [1.82, 2.24) is 5.16 Å². The maximum Gasteiger partial charge on any atom is 0.303 e. The van der Waals surface area contributed by atoms with Crippen LogP contribution in [0.2, 0.25) is 0 Å². The molecule has 140 valence electrons. The number of carboxylic acids is 1. The minimum Gasteiger partial charge on any atom is -0.481 e. The second-order valence-electron chi connectivity index (χ2n) is 8.76. The number of aryl methyl sites for hydroxylation is 1. The number of carboxylic acid groups (broad SMARTS) is 1. The second kappa shape index (κ2) is 7.48. The van der Waals surface area contributed by atoms with E-state index >= 15 is 0 Å². The van der Waals surface area contributed by atoms with E-state index in [-0.39, 0.29) is 11.8 Å². The molecule has 0 atom stereocenters. The molecule has 5 heteroatoms. The van der Waals surface area contributed by atoms with Crippen molar-refractivity contribution in [2.45, 2.75) is 77.0 Å². The molecule has 0 unspecified atom stereocenters. The lowest BCUT2D eigenvalue weighted by Gasteiger charge is -2.39. The van der Waals surface area contributed by atoms with Crippen LogP contribution in [0.4, 0.5) is 0 Å². The summed E-state index contributed by atoms with van der Waals surface area (Å²) in [5, 5.41) is 13.1. The summed E-state index contributed by atoms with van der Waals surface area (Å²) < 4.78 is 11.1. The fourth-order valence-corrected chi connectivity index (χ4v) is 4.38. The lowest BCUT2D eigenvalue weighted by Crippen LogP contribution is -2.30. The Balaban J connectivity index is 1.58. The lowest BCUT2D eigenvalue weighted by atomic mass is 9.66. The van der Waals surface area contributed by atoms with Crippen LogP contribution in [-0.2, 0) is 16.0 Å². The Labute approximate surface area is 150 Å². The van der Waals surface area contributed by atoms with E-state index in [1.165, 1.54) is 37.7 Å². The number of hydrogen-bond acceptors (Lipinski definition) is 4. The van der Waals surface area contributed by atoms with Crippen molar-refractivity contribution in [2.24, 2.45) is 11.3 Å². The van der Waals surface area contributed by atoms with Crippen molar-refractivity contribution in [3.63, 3.8) is 0 Å². The van der Waals surface area contributed by atoms with Crippen molar-refractivity contribution in [3.05, 3.63) is 17.0 Å². The van der Waals surface area contributed by atoms with Crippen LogP contribution in [0.25, 0.3) is 0 Å². The number of hydrogen-bond donors (Lipinski definition) is 1. The van der Waals surface area contributed by atoms with E-state index in [1.807, 2.05) is 0 Å². The molecule has 0 amide bonds. The van der Waals surface area contributed by atoms with Crippen LogP contribution in [0.1, 0.15) is 87.6 Å². The number of nitrogens with zero attached hydrogens (tertiary/aromatic N) is 1. The largest absolute Gasteiger partial charge is 0.481 e. The maximum atomic E-state index is 10.7. The Hall–Kier alpha value is -1.36. The van der Waals surface area contributed by atoms with Crippen molar-refractivity contribution in [2.75, 3.05) is 13.7 Å². The summed E-state index contributed by atoms with van der Waals surface area (Å²) in [6, 6.07) is 0. The summed E-state index contributed by atoms with van der Waals surface area (Å²) in [5.41, 5.74) is 2.57. The van der Waals surface area contributed by atoms with E-state index in [4.69, 9.17) is 14.4 Å². The third-order valence-corrected chi connectivity index (χ3v) is 5.60. The molecular weight excluding hydrogens is 318 g/mol. The van der Waals surface area contributed by atoms with Gasteiger partial charge in [-0.25, -0.2) is 0 Å². The van der Waals surface area contributed by atoms with Gasteiger partial charge in [0.25, 0.3) is 0 Å². The molecule has 0 saturated heterocycles. The zero-order chi connectivity index (χ0) is 18.0. The Morgan fingerprint density at radius 1 is 1.32 bits per heavy atom. The van der Waals surface area contributed by atoms with E-state index in [2.05, 4.69) is 19.0 Å². The van der Waals surface area contributed by atoms with E-state index in [9.17, 15) is 4.79 Å². The van der Waals surface area contributed by atoms with Gasteiger partial charge in [-0.2, -0.15) is 0 Å². The van der Waals surface area contributed by atoms with Crippen molar-refractivity contribution >= 4 is 5.97 Å². The van der Waals surface area contributed by atoms with Crippen molar-refractivity contribution < 1.29 is 19.2 Å². The molecule has 3 rings (SSSR count). The van der Waals surface area contributed by atoms with Crippen LogP contribution in [0.15, 0.2) is 4.52 Å². The predicted molar refractivity (Wildman–Crippen MR) is 94.8 cm³/mol. The first-order chi connectivity index (χ1) is 11.9. The SMILES string of the molecule is COCC(C)(C)CC1CC(c2onc(CCCC(=O)O)c2C2CC2)C1. The van der Waals surface area contributed by atoms with Crippen molar-refractivity contribution in [1.29, 1.82) is 0 Å². The molecular formula is C20H31NO4. The summed E-state index contributed by atoms with van der Waals surface area (Å²) in [5.74, 6) is 2.21. The zero-order valence-corrected chi connectivity index (χ0v) is 15.7. The van der Waals surface area contributed by atoms with Gasteiger partial charge in [-0.1, -0.05) is 19.0 Å². The van der Waals surface area contributed by atoms with E-state index in [0.29, 0.717) is 18.3 Å². The molecule has 0 aromatic carbocycles. The molecule has 1 N–H and O–H groups in total. The van der Waals surface area contributed by atoms with Crippen LogP contribution in [0, 0.1) is 11.3 Å². The third-order valence-electron chi connectivity index (χ3n) is 5.60. The van der Waals surface area contributed by atoms with Gasteiger partial charge in [0.1, 0.15) is 5.76 Å². The number of methoxy groups -OCH3 is 1. The van der Waals surface area contributed by atoms with Gasteiger partial charge < -0.3 is 14.4 Å². The Morgan fingerprint density at radius 3 is 2.64 bits per heavy atom. The van der Waals surface area contributed by atoms with Gasteiger partial charge in [0.2, 0.25) is 0 Å². The molecule has 2 aliphatic rings. The molecule has 25 heavy (non-hydrogen) atoms. The molecule has 2 aliphatic carbocycles. The Morgan fingerprint density at radius 2 is 2.04 bits per heavy atom. The number of aromatic nitrogens is 1. The first-order valence-corrected chi connectivity index (χ1v) is 9.58. The summed E-state index contributed by atoms with van der Waals surface area (Å²) in [6.07, 6.45) is 7.54. The molecule has 1 aromatic rings. The highest BCUT2D eigenvalue weighted by atomic mass is 16.5. The zero-order valence-electron chi connectivity index (χ0n) is 15.7. The van der Waals surface area contributed by atoms with Crippen LogP contribution >= 0.6 is 0 Å². The first-order valence-electron chi connectivity index (χ1n) is 9.58. The summed E-state index contributed by atoms with van der Waals surface area (Å²) in [6.45, 7) is 5.35. The van der Waals surface area contributed by atoms with Gasteiger partial charge in [0.05, 0.1) is 12.3 Å². The monoisotopic (exact) mass is 349 g/mol. The third kappa shape index (κ3) is 4.63. The van der Waals surface area contributed by atoms with Crippen LogP contribution < -0.4 is 0 Å². The summed E-state index contributed by atoms with van der Waals surface area (Å²) >= 11 is 0. The summed E-state index contributed by atoms with van der Waals surface area (Å²) in [7, 11) is 1.77. The molecule has 1 aromatic heterocycles. The topological polar surface area (TPSA) is 72.6 Å². The molecule has 0 radical (unpaired) electrons. The fraction of sp³-hybridized carbons (Fsp3) is 0.800. The average Bonchev–Trinajstić information content (AvgIpc) is 3.23. The Kier molecular flexibility index (Phi) is 5.52. The van der Waals surface area contributed by atoms with Gasteiger partial charge in [0, 0.05) is 25.0 Å². The van der Waals surface area contributed by atoms with E-state index < -0.39 is 5.97 Å². The number of carbonyl (C=O) groups is 1. The summed E-state index contributed by atoms with van der Waals surface area (Å²) in [4.78, 5) is 10.7. The quantitative estimate of drug-likeness (QED) is 0.672.